The molecule has 0 amide bonds. The van der Waals surface area contributed by atoms with Crippen molar-refractivity contribution in [1.29, 1.82) is 0 Å². The fraction of sp³-hybridized carbons (Fsp3) is 0.435. The molecule has 2 heterocycles. The van der Waals surface area contributed by atoms with Gasteiger partial charge < -0.3 is 9.47 Å². The summed E-state index contributed by atoms with van der Waals surface area (Å²) in [6.07, 6.45) is 11.3. The highest BCUT2D eigenvalue weighted by Crippen LogP contribution is 2.30. The van der Waals surface area contributed by atoms with Gasteiger partial charge in [0.05, 0.1) is 13.7 Å². The minimum atomic E-state index is 0.491. The summed E-state index contributed by atoms with van der Waals surface area (Å²) >= 11 is 0. The van der Waals surface area contributed by atoms with Crippen molar-refractivity contribution in [2.75, 3.05) is 26.8 Å². The van der Waals surface area contributed by atoms with E-state index in [1.54, 1.807) is 7.11 Å². The number of methoxy groups -OCH3 is 1. The van der Waals surface area contributed by atoms with Gasteiger partial charge in [-0.2, -0.15) is 0 Å². The van der Waals surface area contributed by atoms with Crippen LogP contribution < -0.4 is 9.47 Å². The Kier molecular flexibility index (Phi) is 7.28. The number of nitrogens with zero attached hydrogens (tertiary/aromatic N) is 2. The lowest BCUT2D eigenvalue weighted by atomic mass is 9.96. The molecule has 1 aromatic heterocycles. The molecule has 1 aliphatic rings. The van der Waals surface area contributed by atoms with Gasteiger partial charge in [-0.3, -0.25) is 9.88 Å². The van der Waals surface area contributed by atoms with E-state index in [9.17, 15) is 0 Å². The maximum absolute atomic E-state index is 6.08. The molecule has 0 bridgehead atoms. The van der Waals surface area contributed by atoms with Crippen LogP contribution in [0.15, 0.2) is 55.4 Å². The Bertz CT molecular complexity index is 718. The molecule has 4 nitrogen and oxygen atoms in total. The zero-order valence-electron chi connectivity index (χ0n) is 16.3. The van der Waals surface area contributed by atoms with Crippen molar-refractivity contribution >= 4 is 0 Å². The average Bonchev–Trinajstić information content (AvgIpc) is 2.73. The Hall–Kier alpha value is -2.33. The Morgan fingerprint density at radius 1 is 1.30 bits per heavy atom. The second-order valence-corrected chi connectivity index (χ2v) is 7.00. The highest BCUT2D eigenvalue weighted by Gasteiger charge is 2.23. The number of hydrogen-bond donors (Lipinski definition) is 0. The van der Waals surface area contributed by atoms with Gasteiger partial charge >= 0.3 is 0 Å². The van der Waals surface area contributed by atoms with Crippen LogP contribution in [-0.4, -0.2) is 36.7 Å². The fourth-order valence-corrected chi connectivity index (χ4v) is 3.80. The first-order valence-corrected chi connectivity index (χ1v) is 9.86. The molecular weight excluding hydrogens is 336 g/mol. The molecule has 0 aliphatic carbocycles. The molecule has 0 saturated carbocycles. The lowest BCUT2D eigenvalue weighted by molar-refractivity contribution is 0.137. The van der Waals surface area contributed by atoms with Crippen LogP contribution in [0.2, 0.25) is 0 Å². The van der Waals surface area contributed by atoms with Crippen molar-refractivity contribution in [2.45, 2.75) is 38.1 Å². The predicted octanol–water partition coefficient (Wildman–Crippen LogP) is 4.81. The predicted molar refractivity (Wildman–Crippen MR) is 109 cm³/mol. The molecular formula is C23H30N2O2. The number of hydrogen-bond acceptors (Lipinski definition) is 4. The number of allylic oxidation sites excluding steroid dienone is 1. The summed E-state index contributed by atoms with van der Waals surface area (Å²) in [5.74, 6) is 1.78. The second kappa shape index (κ2) is 10.1. The molecule has 4 heteroatoms. The maximum Gasteiger partial charge on any atom is 0.123 e. The molecule has 3 rings (SSSR count). The van der Waals surface area contributed by atoms with E-state index in [1.807, 2.05) is 42.7 Å². The molecule has 144 valence electrons. The van der Waals surface area contributed by atoms with Crippen LogP contribution in [0.1, 0.15) is 42.9 Å². The van der Waals surface area contributed by atoms with Crippen LogP contribution in [0.3, 0.4) is 0 Å². The van der Waals surface area contributed by atoms with Crippen LogP contribution in [0.5, 0.6) is 11.5 Å². The third-order valence-corrected chi connectivity index (χ3v) is 5.16. The molecule has 2 aromatic rings. The van der Waals surface area contributed by atoms with Crippen molar-refractivity contribution in [2.24, 2.45) is 0 Å². The largest absolute Gasteiger partial charge is 0.497 e. The van der Waals surface area contributed by atoms with Crippen LogP contribution in [-0.2, 0) is 6.42 Å². The van der Waals surface area contributed by atoms with E-state index in [-0.39, 0.29) is 0 Å². The molecule has 27 heavy (non-hydrogen) atoms. The Morgan fingerprint density at radius 3 is 3.00 bits per heavy atom. The van der Waals surface area contributed by atoms with Crippen LogP contribution in [0.25, 0.3) is 0 Å². The summed E-state index contributed by atoms with van der Waals surface area (Å²) in [6, 6.07) is 10.7. The van der Waals surface area contributed by atoms with Gasteiger partial charge in [-0.15, -0.1) is 6.58 Å². The standard InChI is InChI=1S/C23H30N2O2/c1-3-8-19-17-21(26-2)11-12-23(19)27-16-7-15-25-14-5-4-10-22(25)20-9-6-13-24-18-20/h3,6,9,11-13,17-18,22H,1,4-5,7-8,10,14-16H2,2H3/t22-/m0/s1. The highest BCUT2D eigenvalue weighted by atomic mass is 16.5. The number of rotatable bonds is 9. The lowest BCUT2D eigenvalue weighted by Gasteiger charge is -2.35. The first kappa shape index (κ1) is 19.4. The van der Waals surface area contributed by atoms with Crippen molar-refractivity contribution in [3.63, 3.8) is 0 Å². The molecule has 0 spiro atoms. The molecule has 1 atom stereocenters. The van der Waals surface area contributed by atoms with Gasteiger partial charge in [-0.25, -0.2) is 0 Å². The summed E-state index contributed by atoms with van der Waals surface area (Å²) in [5, 5.41) is 0. The van der Waals surface area contributed by atoms with E-state index in [0.717, 1.165) is 43.0 Å². The lowest BCUT2D eigenvalue weighted by Crippen LogP contribution is -2.34. The minimum Gasteiger partial charge on any atom is -0.497 e. The third-order valence-electron chi connectivity index (χ3n) is 5.16. The topological polar surface area (TPSA) is 34.6 Å². The van der Waals surface area contributed by atoms with Gasteiger partial charge in [0.25, 0.3) is 0 Å². The summed E-state index contributed by atoms with van der Waals surface area (Å²) in [5.41, 5.74) is 2.46. The van der Waals surface area contributed by atoms with E-state index in [4.69, 9.17) is 9.47 Å². The van der Waals surface area contributed by atoms with E-state index >= 15 is 0 Å². The van der Waals surface area contributed by atoms with Crippen molar-refractivity contribution < 1.29 is 9.47 Å². The molecule has 0 radical (unpaired) electrons. The van der Waals surface area contributed by atoms with Gasteiger partial charge in [0.1, 0.15) is 11.5 Å². The zero-order chi connectivity index (χ0) is 18.9. The summed E-state index contributed by atoms with van der Waals surface area (Å²) in [7, 11) is 1.69. The number of aromatic nitrogens is 1. The number of piperidine rings is 1. The average molecular weight is 367 g/mol. The quantitative estimate of drug-likeness (QED) is 0.471. The first-order valence-electron chi connectivity index (χ1n) is 9.86. The van der Waals surface area contributed by atoms with E-state index < -0.39 is 0 Å². The highest BCUT2D eigenvalue weighted by molar-refractivity contribution is 5.41. The van der Waals surface area contributed by atoms with Crippen molar-refractivity contribution in [3.8, 4) is 11.5 Å². The van der Waals surface area contributed by atoms with Gasteiger partial charge in [-0.05, 0) is 62.1 Å². The number of pyridine rings is 1. The molecule has 1 aliphatic heterocycles. The monoisotopic (exact) mass is 366 g/mol. The second-order valence-electron chi connectivity index (χ2n) is 7.00. The van der Waals surface area contributed by atoms with Gasteiger partial charge in [0.15, 0.2) is 0 Å². The maximum atomic E-state index is 6.08. The summed E-state index contributed by atoms with van der Waals surface area (Å²) in [6.45, 7) is 6.76. The molecule has 1 saturated heterocycles. The number of likely N-dealkylation sites (tertiary alicyclic amines) is 1. The molecule has 1 aromatic carbocycles. The number of ether oxygens (including phenoxy) is 2. The number of benzene rings is 1. The van der Waals surface area contributed by atoms with E-state index in [1.165, 1.54) is 24.8 Å². The normalized spacial score (nSPS) is 17.4. The van der Waals surface area contributed by atoms with Crippen molar-refractivity contribution in [1.82, 2.24) is 9.88 Å². The van der Waals surface area contributed by atoms with Gasteiger partial charge in [-0.1, -0.05) is 18.6 Å². The van der Waals surface area contributed by atoms with Crippen LogP contribution in [0, 0.1) is 0 Å². The van der Waals surface area contributed by atoms with Gasteiger partial charge in [0.2, 0.25) is 0 Å². The van der Waals surface area contributed by atoms with Gasteiger partial charge in [0, 0.05) is 30.5 Å². The Labute approximate surface area is 162 Å². The summed E-state index contributed by atoms with van der Waals surface area (Å²) < 4.78 is 11.4. The van der Waals surface area contributed by atoms with Crippen LogP contribution >= 0.6 is 0 Å². The fourth-order valence-electron chi connectivity index (χ4n) is 3.80. The van der Waals surface area contributed by atoms with Crippen molar-refractivity contribution in [3.05, 3.63) is 66.5 Å². The Morgan fingerprint density at radius 2 is 2.22 bits per heavy atom. The third kappa shape index (κ3) is 5.33. The van der Waals surface area contributed by atoms with E-state index in [2.05, 4.69) is 22.5 Å². The molecule has 0 unspecified atom stereocenters. The zero-order valence-corrected chi connectivity index (χ0v) is 16.3. The minimum absolute atomic E-state index is 0.491. The summed E-state index contributed by atoms with van der Waals surface area (Å²) in [4.78, 5) is 6.89. The molecule has 0 N–H and O–H groups in total. The van der Waals surface area contributed by atoms with Crippen LogP contribution in [0.4, 0.5) is 0 Å². The SMILES string of the molecule is C=CCc1cc(OC)ccc1OCCCN1CCCC[C@H]1c1cccnc1. The molecule has 1 fully saturated rings. The smallest absolute Gasteiger partial charge is 0.123 e. The Balaban J connectivity index is 1.54. The van der Waals surface area contributed by atoms with E-state index in [0.29, 0.717) is 12.6 Å². The first-order chi connectivity index (χ1) is 13.3.